The number of aryl methyl sites for hydroxylation is 1. The number of carbonyl (C=O) groups is 1. The minimum absolute atomic E-state index is 0.152. The van der Waals surface area contributed by atoms with Crippen LogP contribution in [0.2, 0.25) is 0 Å². The number of alkyl halides is 3. The van der Waals surface area contributed by atoms with Crippen molar-refractivity contribution < 1.29 is 23.1 Å². The smallest absolute Gasteiger partial charge is 0.417 e. The second-order valence-corrected chi connectivity index (χ2v) is 3.26. The molecule has 2 nitrogen and oxygen atoms in total. The predicted octanol–water partition coefficient (Wildman–Crippen LogP) is 3.03. The van der Waals surface area contributed by atoms with Crippen molar-refractivity contribution in [1.82, 2.24) is 0 Å². The van der Waals surface area contributed by atoms with Crippen LogP contribution in [-0.4, -0.2) is 17.3 Å². The van der Waals surface area contributed by atoms with Crippen LogP contribution in [0.4, 0.5) is 13.2 Å². The highest BCUT2D eigenvalue weighted by Gasteiger charge is 2.35. The Bertz CT molecular complexity index is 416. The van der Waals surface area contributed by atoms with Crippen LogP contribution in [0.15, 0.2) is 30.3 Å². The lowest BCUT2D eigenvalue weighted by Gasteiger charge is -2.11. The SMILES string of the molecule is Cc1ccc(/C(=C\C(=O)O)C(F)(F)F)cc1. The molecule has 0 amide bonds. The summed E-state index contributed by atoms with van der Waals surface area (Å²) < 4.78 is 37.6. The van der Waals surface area contributed by atoms with E-state index in [1.807, 2.05) is 0 Å². The predicted molar refractivity (Wildman–Crippen MR) is 52.8 cm³/mol. The Balaban J connectivity index is 3.23. The first kappa shape index (κ1) is 12.3. The van der Waals surface area contributed by atoms with Gasteiger partial charge in [0, 0.05) is 6.08 Å². The summed E-state index contributed by atoms with van der Waals surface area (Å²) in [6.45, 7) is 1.73. The summed E-state index contributed by atoms with van der Waals surface area (Å²) in [5.74, 6) is -1.62. The minimum Gasteiger partial charge on any atom is -0.478 e. The van der Waals surface area contributed by atoms with E-state index in [0.717, 1.165) is 5.56 Å². The van der Waals surface area contributed by atoms with Crippen LogP contribution in [-0.2, 0) is 4.79 Å². The summed E-state index contributed by atoms with van der Waals surface area (Å²) >= 11 is 0. The number of rotatable bonds is 2. The zero-order valence-electron chi connectivity index (χ0n) is 8.38. The molecule has 0 saturated heterocycles. The molecule has 0 heterocycles. The molecule has 1 N–H and O–H groups in total. The molecule has 0 fully saturated rings. The summed E-state index contributed by atoms with van der Waals surface area (Å²) in [5, 5.41) is 8.39. The summed E-state index contributed by atoms with van der Waals surface area (Å²) in [6.07, 6.45) is -4.50. The summed E-state index contributed by atoms with van der Waals surface area (Å²) in [7, 11) is 0. The van der Waals surface area contributed by atoms with E-state index in [1.54, 1.807) is 6.92 Å². The highest BCUT2D eigenvalue weighted by molar-refractivity contribution is 5.91. The van der Waals surface area contributed by atoms with Gasteiger partial charge in [0.1, 0.15) is 0 Å². The van der Waals surface area contributed by atoms with Crippen LogP contribution in [0.3, 0.4) is 0 Å². The van der Waals surface area contributed by atoms with E-state index in [9.17, 15) is 18.0 Å². The number of allylic oxidation sites excluding steroid dienone is 1. The standard InChI is InChI=1S/C11H9F3O2/c1-7-2-4-8(5-3-7)9(6-10(15)16)11(12,13)14/h2-6H,1H3,(H,15,16)/b9-6+. The highest BCUT2D eigenvalue weighted by Crippen LogP contribution is 2.33. The van der Waals surface area contributed by atoms with Crippen LogP contribution in [0.1, 0.15) is 11.1 Å². The summed E-state index contributed by atoms with van der Waals surface area (Å²) in [6, 6.07) is 5.49. The summed E-state index contributed by atoms with van der Waals surface area (Å²) in [5.41, 5.74) is -0.499. The zero-order chi connectivity index (χ0) is 12.3. The Morgan fingerprint density at radius 3 is 2.12 bits per heavy atom. The lowest BCUT2D eigenvalue weighted by Crippen LogP contribution is -2.12. The zero-order valence-corrected chi connectivity index (χ0v) is 8.38. The van der Waals surface area contributed by atoms with E-state index in [4.69, 9.17) is 5.11 Å². The maximum Gasteiger partial charge on any atom is 0.417 e. The molecule has 0 atom stereocenters. The monoisotopic (exact) mass is 230 g/mol. The Labute approximate surface area is 90.0 Å². The van der Waals surface area contributed by atoms with Crippen molar-refractivity contribution >= 4 is 11.5 Å². The third kappa shape index (κ3) is 3.12. The molecule has 0 aliphatic heterocycles. The molecule has 1 aromatic carbocycles. The first-order valence-electron chi connectivity index (χ1n) is 4.39. The molecule has 0 radical (unpaired) electrons. The van der Waals surface area contributed by atoms with Crippen LogP contribution >= 0.6 is 0 Å². The minimum atomic E-state index is -4.67. The first-order valence-corrected chi connectivity index (χ1v) is 4.39. The van der Waals surface area contributed by atoms with Gasteiger partial charge in [0.25, 0.3) is 0 Å². The van der Waals surface area contributed by atoms with Crippen LogP contribution in [0.25, 0.3) is 5.57 Å². The molecule has 0 aliphatic carbocycles. The molecule has 0 aliphatic rings. The number of carboxylic acids is 1. The highest BCUT2D eigenvalue weighted by atomic mass is 19.4. The molecular weight excluding hydrogens is 221 g/mol. The Kier molecular flexibility index (Phi) is 3.37. The molecule has 0 spiro atoms. The fourth-order valence-electron chi connectivity index (χ4n) is 1.19. The Morgan fingerprint density at radius 2 is 1.75 bits per heavy atom. The number of hydrogen-bond donors (Lipinski definition) is 1. The van der Waals surface area contributed by atoms with E-state index in [-0.39, 0.29) is 11.6 Å². The topological polar surface area (TPSA) is 37.3 Å². The lowest BCUT2D eigenvalue weighted by molar-refractivity contribution is -0.131. The van der Waals surface area contributed by atoms with Gasteiger partial charge in [-0.25, -0.2) is 4.79 Å². The molecule has 16 heavy (non-hydrogen) atoms. The maximum atomic E-state index is 12.5. The van der Waals surface area contributed by atoms with E-state index < -0.39 is 17.7 Å². The maximum absolute atomic E-state index is 12.5. The van der Waals surface area contributed by atoms with E-state index in [2.05, 4.69) is 0 Å². The molecule has 0 unspecified atom stereocenters. The van der Waals surface area contributed by atoms with Gasteiger partial charge in [-0.1, -0.05) is 29.8 Å². The molecular formula is C11H9F3O2. The van der Waals surface area contributed by atoms with Gasteiger partial charge >= 0.3 is 12.1 Å². The molecule has 0 saturated carbocycles. The van der Waals surface area contributed by atoms with Gasteiger partial charge in [-0.15, -0.1) is 0 Å². The van der Waals surface area contributed by atoms with Crippen molar-refractivity contribution in [3.8, 4) is 0 Å². The molecule has 1 rings (SSSR count). The lowest BCUT2D eigenvalue weighted by atomic mass is 10.0. The van der Waals surface area contributed by atoms with Crippen molar-refractivity contribution in [3.05, 3.63) is 41.5 Å². The quantitative estimate of drug-likeness (QED) is 0.793. The van der Waals surface area contributed by atoms with Crippen molar-refractivity contribution in [3.63, 3.8) is 0 Å². The number of halogens is 3. The van der Waals surface area contributed by atoms with E-state index in [0.29, 0.717) is 0 Å². The van der Waals surface area contributed by atoms with Crippen LogP contribution in [0, 0.1) is 6.92 Å². The molecule has 0 bridgehead atoms. The second-order valence-electron chi connectivity index (χ2n) is 3.26. The Morgan fingerprint density at radius 1 is 1.25 bits per heavy atom. The third-order valence-electron chi connectivity index (χ3n) is 1.94. The largest absolute Gasteiger partial charge is 0.478 e. The van der Waals surface area contributed by atoms with Gasteiger partial charge in [0.05, 0.1) is 5.57 Å². The fraction of sp³-hybridized carbons (Fsp3) is 0.182. The molecule has 0 aromatic heterocycles. The van der Waals surface area contributed by atoms with Crippen molar-refractivity contribution in [2.45, 2.75) is 13.1 Å². The van der Waals surface area contributed by atoms with Crippen LogP contribution < -0.4 is 0 Å². The average molecular weight is 230 g/mol. The second kappa shape index (κ2) is 4.38. The van der Waals surface area contributed by atoms with Crippen molar-refractivity contribution in [2.75, 3.05) is 0 Å². The third-order valence-corrected chi connectivity index (χ3v) is 1.94. The van der Waals surface area contributed by atoms with Gasteiger partial charge in [0.15, 0.2) is 0 Å². The van der Waals surface area contributed by atoms with Crippen LogP contribution in [0.5, 0.6) is 0 Å². The average Bonchev–Trinajstić information content (AvgIpc) is 2.14. The first-order chi connectivity index (χ1) is 7.30. The number of hydrogen-bond acceptors (Lipinski definition) is 1. The van der Waals surface area contributed by atoms with Gasteiger partial charge in [-0.3, -0.25) is 0 Å². The van der Waals surface area contributed by atoms with Gasteiger partial charge in [-0.05, 0) is 12.5 Å². The number of benzene rings is 1. The normalized spacial score (nSPS) is 12.6. The number of aliphatic carboxylic acids is 1. The van der Waals surface area contributed by atoms with Crippen molar-refractivity contribution in [1.29, 1.82) is 0 Å². The molecule has 5 heteroatoms. The Hall–Kier alpha value is -1.78. The van der Waals surface area contributed by atoms with E-state index >= 15 is 0 Å². The van der Waals surface area contributed by atoms with Gasteiger partial charge < -0.3 is 5.11 Å². The van der Waals surface area contributed by atoms with Crippen molar-refractivity contribution in [2.24, 2.45) is 0 Å². The van der Waals surface area contributed by atoms with E-state index in [1.165, 1.54) is 24.3 Å². The van der Waals surface area contributed by atoms with Gasteiger partial charge in [-0.2, -0.15) is 13.2 Å². The molecule has 86 valence electrons. The van der Waals surface area contributed by atoms with Gasteiger partial charge in [0.2, 0.25) is 0 Å². The summed E-state index contributed by atoms with van der Waals surface area (Å²) in [4.78, 5) is 10.3. The number of carboxylic acid groups (broad SMARTS) is 1. The fourth-order valence-corrected chi connectivity index (χ4v) is 1.19. The molecule has 1 aromatic rings.